The van der Waals surface area contributed by atoms with Gasteiger partial charge in [-0.05, 0) is 30.4 Å². The van der Waals surface area contributed by atoms with Crippen molar-refractivity contribution in [1.29, 1.82) is 0 Å². The molecule has 4 nitrogen and oxygen atoms in total. The molecule has 0 atom stereocenters. The molecule has 19 heavy (non-hydrogen) atoms. The normalized spacial score (nSPS) is 17.4. The predicted molar refractivity (Wildman–Crippen MR) is 79.8 cm³/mol. The monoisotopic (exact) mass is 292 g/mol. The number of nitrogens with one attached hydrogen (secondary N) is 1. The van der Waals surface area contributed by atoms with Gasteiger partial charge >= 0.3 is 0 Å². The van der Waals surface area contributed by atoms with Crippen molar-refractivity contribution in [2.75, 3.05) is 11.5 Å². The number of sulfone groups is 1. The highest BCUT2D eigenvalue weighted by atomic mass is 32.2. The summed E-state index contributed by atoms with van der Waals surface area (Å²) in [6, 6.07) is 9.87. The van der Waals surface area contributed by atoms with Gasteiger partial charge in [0.25, 0.3) is 0 Å². The van der Waals surface area contributed by atoms with E-state index in [1.807, 2.05) is 41.1 Å². The average Bonchev–Trinajstić information content (AvgIpc) is 2.92. The molecule has 1 aliphatic rings. The van der Waals surface area contributed by atoms with E-state index < -0.39 is 9.84 Å². The van der Waals surface area contributed by atoms with Crippen LogP contribution in [0, 0.1) is 0 Å². The fourth-order valence-corrected chi connectivity index (χ4v) is 3.65. The third-order valence-corrected chi connectivity index (χ3v) is 4.77. The van der Waals surface area contributed by atoms with Crippen molar-refractivity contribution in [3.8, 4) is 0 Å². The Kier molecular flexibility index (Phi) is 2.91. The molecule has 0 radical (unpaired) electrons. The molecular weight excluding hydrogens is 280 g/mol. The third kappa shape index (κ3) is 2.41. The first-order valence-corrected chi connectivity index (χ1v) is 8.05. The quantitative estimate of drug-likeness (QED) is 0.813. The molecule has 0 bridgehead atoms. The van der Waals surface area contributed by atoms with Crippen molar-refractivity contribution < 1.29 is 8.42 Å². The summed E-state index contributed by atoms with van der Waals surface area (Å²) in [5.41, 5.74) is 1.66. The SMILES string of the molecule is O=S1(=O)CC=C(NC(=S)n2ccc3ccccc32)C1. The summed E-state index contributed by atoms with van der Waals surface area (Å²) in [5, 5.41) is 4.59. The smallest absolute Gasteiger partial charge is 0.181 e. The summed E-state index contributed by atoms with van der Waals surface area (Å²) >= 11 is 5.33. The van der Waals surface area contributed by atoms with Crippen LogP contribution in [0.25, 0.3) is 10.9 Å². The van der Waals surface area contributed by atoms with Gasteiger partial charge in [0.15, 0.2) is 14.9 Å². The van der Waals surface area contributed by atoms with Crippen LogP contribution in [0.2, 0.25) is 0 Å². The van der Waals surface area contributed by atoms with Crippen LogP contribution < -0.4 is 5.32 Å². The Balaban J connectivity index is 1.85. The summed E-state index contributed by atoms with van der Waals surface area (Å²) in [5.74, 6) is 0.122. The highest BCUT2D eigenvalue weighted by molar-refractivity contribution is 7.92. The highest BCUT2D eigenvalue weighted by Crippen LogP contribution is 2.15. The van der Waals surface area contributed by atoms with E-state index in [0.29, 0.717) is 10.8 Å². The number of hydrogen-bond acceptors (Lipinski definition) is 3. The first-order chi connectivity index (χ1) is 9.05. The number of para-hydroxylation sites is 1. The predicted octanol–water partition coefficient (Wildman–Crippen LogP) is 1.68. The molecule has 1 aromatic carbocycles. The molecule has 98 valence electrons. The molecule has 1 aromatic heterocycles. The van der Waals surface area contributed by atoms with Crippen LogP contribution in [0.1, 0.15) is 0 Å². The minimum absolute atomic E-state index is 0.0341. The second-order valence-electron chi connectivity index (χ2n) is 4.46. The molecule has 0 amide bonds. The van der Waals surface area contributed by atoms with Crippen LogP contribution in [0.4, 0.5) is 0 Å². The minimum Gasteiger partial charge on any atom is -0.335 e. The van der Waals surface area contributed by atoms with Crippen molar-refractivity contribution in [3.05, 3.63) is 48.3 Å². The molecule has 0 fully saturated rings. The molecule has 2 aromatic rings. The second kappa shape index (κ2) is 4.47. The van der Waals surface area contributed by atoms with Crippen molar-refractivity contribution in [1.82, 2.24) is 9.88 Å². The van der Waals surface area contributed by atoms with Gasteiger partial charge in [0, 0.05) is 17.3 Å². The lowest BCUT2D eigenvalue weighted by molar-refractivity contribution is 0.602. The Labute approximate surface area is 116 Å². The van der Waals surface area contributed by atoms with Crippen molar-refractivity contribution in [2.45, 2.75) is 0 Å². The highest BCUT2D eigenvalue weighted by Gasteiger charge is 2.20. The van der Waals surface area contributed by atoms with Crippen molar-refractivity contribution in [3.63, 3.8) is 0 Å². The molecule has 1 aliphatic heterocycles. The van der Waals surface area contributed by atoms with E-state index in [9.17, 15) is 8.42 Å². The van der Waals surface area contributed by atoms with E-state index in [0.717, 1.165) is 10.9 Å². The summed E-state index contributed by atoms with van der Waals surface area (Å²) in [6.45, 7) is 0. The molecule has 6 heteroatoms. The molecule has 0 unspecified atom stereocenters. The zero-order valence-corrected chi connectivity index (χ0v) is 11.7. The van der Waals surface area contributed by atoms with E-state index in [1.54, 1.807) is 6.08 Å². The van der Waals surface area contributed by atoms with Gasteiger partial charge in [0.1, 0.15) is 0 Å². The van der Waals surface area contributed by atoms with Crippen LogP contribution in [0.15, 0.2) is 48.3 Å². The zero-order valence-electron chi connectivity index (χ0n) is 10.0. The van der Waals surface area contributed by atoms with Crippen LogP contribution in [-0.4, -0.2) is 29.6 Å². The largest absolute Gasteiger partial charge is 0.335 e. The molecule has 0 aliphatic carbocycles. The number of benzene rings is 1. The molecule has 0 saturated carbocycles. The van der Waals surface area contributed by atoms with Crippen molar-refractivity contribution in [2.24, 2.45) is 0 Å². The number of fused-ring (bicyclic) bond motifs is 1. The number of thiocarbonyl (C=S) groups is 1. The number of aromatic nitrogens is 1. The van der Waals surface area contributed by atoms with E-state index in [2.05, 4.69) is 5.32 Å². The first kappa shape index (κ1) is 12.4. The maximum Gasteiger partial charge on any atom is 0.181 e. The topological polar surface area (TPSA) is 51.1 Å². The lowest BCUT2D eigenvalue weighted by Gasteiger charge is -2.10. The first-order valence-electron chi connectivity index (χ1n) is 5.82. The summed E-state index contributed by atoms with van der Waals surface area (Å²) < 4.78 is 24.6. The molecule has 2 heterocycles. The average molecular weight is 292 g/mol. The summed E-state index contributed by atoms with van der Waals surface area (Å²) in [7, 11) is -2.98. The number of rotatable bonds is 1. The van der Waals surface area contributed by atoms with Gasteiger partial charge in [-0.1, -0.05) is 18.2 Å². The number of nitrogens with zero attached hydrogens (tertiary/aromatic N) is 1. The third-order valence-electron chi connectivity index (χ3n) is 3.04. The van der Waals surface area contributed by atoms with Gasteiger partial charge < -0.3 is 5.32 Å². The van der Waals surface area contributed by atoms with Crippen LogP contribution >= 0.6 is 12.2 Å². The summed E-state index contributed by atoms with van der Waals surface area (Å²) in [6.07, 6.45) is 3.55. The Bertz CT molecular complexity index is 788. The Morgan fingerprint density at radius 1 is 1.26 bits per heavy atom. The Morgan fingerprint density at radius 3 is 2.79 bits per heavy atom. The molecule has 0 saturated heterocycles. The maximum atomic E-state index is 11.4. The minimum atomic E-state index is -2.98. The van der Waals surface area contributed by atoms with Gasteiger partial charge in [0.2, 0.25) is 0 Å². The standard InChI is InChI=1S/C13H12N2O2S2/c16-19(17)8-6-11(9-19)14-13(18)15-7-5-10-3-1-2-4-12(10)15/h1-7H,8-9H2,(H,14,18). The zero-order chi connectivity index (χ0) is 13.5. The van der Waals surface area contributed by atoms with E-state index in [-0.39, 0.29) is 11.5 Å². The van der Waals surface area contributed by atoms with Gasteiger partial charge in [-0.3, -0.25) is 4.57 Å². The second-order valence-corrected chi connectivity index (χ2v) is 6.95. The Morgan fingerprint density at radius 2 is 2.05 bits per heavy atom. The maximum absolute atomic E-state index is 11.4. The van der Waals surface area contributed by atoms with Crippen LogP contribution in [0.3, 0.4) is 0 Å². The molecular formula is C13H12N2O2S2. The van der Waals surface area contributed by atoms with Crippen LogP contribution in [-0.2, 0) is 9.84 Å². The Hall–Kier alpha value is -1.66. The fraction of sp³-hybridized carbons (Fsp3) is 0.154. The molecule has 0 spiro atoms. The van der Waals surface area contributed by atoms with E-state index in [1.165, 1.54) is 0 Å². The fourth-order valence-electron chi connectivity index (χ4n) is 2.13. The molecule has 3 rings (SSSR count). The van der Waals surface area contributed by atoms with E-state index in [4.69, 9.17) is 12.2 Å². The lowest BCUT2D eigenvalue weighted by Crippen LogP contribution is -2.28. The van der Waals surface area contributed by atoms with Gasteiger partial charge in [-0.15, -0.1) is 0 Å². The van der Waals surface area contributed by atoms with Crippen molar-refractivity contribution >= 4 is 38.1 Å². The van der Waals surface area contributed by atoms with Gasteiger partial charge in [-0.25, -0.2) is 8.42 Å². The number of hydrogen-bond donors (Lipinski definition) is 1. The molecule has 1 N–H and O–H groups in total. The van der Waals surface area contributed by atoms with E-state index >= 15 is 0 Å². The summed E-state index contributed by atoms with van der Waals surface area (Å²) in [4.78, 5) is 0. The lowest BCUT2D eigenvalue weighted by atomic mass is 10.2. The van der Waals surface area contributed by atoms with Gasteiger partial charge in [-0.2, -0.15) is 0 Å². The van der Waals surface area contributed by atoms with Crippen LogP contribution in [0.5, 0.6) is 0 Å². The van der Waals surface area contributed by atoms with Gasteiger partial charge in [0.05, 0.1) is 17.0 Å².